The molecule has 0 aliphatic carbocycles. The van der Waals surface area contributed by atoms with Crippen molar-refractivity contribution in [1.29, 1.82) is 0 Å². The van der Waals surface area contributed by atoms with Crippen molar-refractivity contribution >= 4 is 0 Å². The molecule has 1 fully saturated rings. The number of nitrogens with zero attached hydrogens (tertiary/aromatic N) is 1. The van der Waals surface area contributed by atoms with Crippen LogP contribution in [0, 0.1) is 23.6 Å². The van der Waals surface area contributed by atoms with Crippen LogP contribution in [0.15, 0.2) is 18.2 Å². The summed E-state index contributed by atoms with van der Waals surface area (Å²) in [6, 6.07) is 4.82. The third kappa shape index (κ3) is 4.06. The van der Waals surface area contributed by atoms with Gasteiger partial charge in [-0.25, -0.2) is 4.39 Å². The van der Waals surface area contributed by atoms with Crippen LogP contribution in [0.3, 0.4) is 0 Å². The zero-order chi connectivity index (χ0) is 14.4. The quantitative estimate of drug-likeness (QED) is 0.854. The van der Waals surface area contributed by atoms with Crippen molar-refractivity contribution in [2.24, 2.45) is 5.92 Å². The molecular formula is C17H22FNO. The third-order valence-corrected chi connectivity index (χ3v) is 3.87. The van der Waals surface area contributed by atoms with Crippen molar-refractivity contribution in [3.05, 3.63) is 35.1 Å². The van der Waals surface area contributed by atoms with Gasteiger partial charge in [-0.2, -0.15) is 0 Å². The van der Waals surface area contributed by atoms with Gasteiger partial charge in [0.2, 0.25) is 0 Å². The zero-order valence-corrected chi connectivity index (χ0v) is 12.0. The molecule has 0 saturated carbocycles. The van der Waals surface area contributed by atoms with Gasteiger partial charge in [0.15, 0.2) is 0 Å². The molecule has 20 heavy (non-hydrogen) atoms. The smallest absolute Gasteiger partial charge is 0.124 e. The Morgan fingerprint density at radius 3 is 3.00 bits per heavy atom. The van der Waals surface area contributed by atoms with Gasteiger partial charge in [0.25, 0.3) is 0 Å². The van der Waals surface area contributed by atoms with Crippen LogP contribution in [-0.2, 0) is 6.54 Å². The second kappa shape index (κ2) is 7.42. The molecule has 1 aromatic rings. The third-order valence-electron chi connectivity index (χ3n) is 3.87. The molecule has 0 bridgehead atoms. The van der Waals surface area contributed by atoms with Crippen molar-refractivity contribution < 1.29 is 9.50 Å². The molecule has 1 aromatic carbocycles. The molecule has 1 saturated heterocycles. The first-order chi connectivity index (χ1) is 9.72. The lowest BCUT2D eigenvalue weighted by Gasteiger charge is -2.17. The van der Waals surface area contributed by atoms with E-state index in [1.165, 1.54) is 25.0 Å². The Labute approximate surface area is 120 Å². The van der Waals surface area contributed by atoms with Gasteiger partial charge in [-0.15, -0.1) is 0 Å². The highest BCUT2D eigenvalue weighted by molar-refractivity contribution is 5.41. The van der Waals surface area contributed by atoms with Crippen molar-refractivity contribution in [2.45, 2.75) is 32.7 Å². The minimum Gasteiger partial charge on any atom is -0.395 e. The van der Waals surface area contributed by atoms with E-state index < -0.39 is 0 Å². The van der Waals surface area contributed by atoms with E-state index >= 15 is 0 Å². The number of aliphatic hydroxyl groups excluding tert-OH is 1. The van der Waals surface area contributed by atoms with Gasteiger partial charge in [-0.05, 0) is 36.6 Å². The maximum atomic E-state index is 13.4. The molecule has 2 rings (SSSR count). The average Bonchev–Trinajstić information content (AvgIpc) is 2.90. The molecule has 2 nitrogen and oxygen atoms in total. The fourth-order valence-corrected chi connectivity index (χ4v) is 2.65. The lowest BCUT2D eigenvalue weighted by atomic mass is 10.1. The summed E-state index contributed by atoms with van der Waals surface area (Å²) < 4.78 is 13.4. The van der Waals surface area contributed by atoms with E-state index in [0.29, 0.717) is 6.42 Å². The van der Waals surface area contributed by atoms with E-state index in [-0.39, 0.29) is 12.4 Å². The Hall–Kier alpha value is -1.37. The lowest BCUT2D eigenvalue weighted by Crippen LogP contribution is -2.20. The van der Waals surface area contributed by atoms with Crippen LogP contribution in [0.1, 0.15) is 37.3 Å². The highest BCUT2D eigenvalue weighted by Gasteiger charge is 2.21. The van der Waals surface area contributed by atoms with E-state index in [1.54, 1.807) is 0 Å². The minimum absolute atomic E-state index is 0.0436. The Bertz CT molecular complexity index is 503. The number of aliphatic hydroxyl groups is 1. The van der Waals surface area contributed by atoms with Crippen molar-refractivity contribution in [3.63, 3.8) is 0 Å². The predicted molar refractivity (Wildman–Crippen MR) is 78.7 cm³/mol. The van der Waals surface area contributed by atoms with Crippen LogP contribution in [0.25, 0.3) is 0 Å². The normalized spacial score (nSPS) is 18.9. The van der Waals surface area contributed by atoms with Crippen LogP contribution in [0.4, 0.5) is 4.39 Å². The van der Waals surface area contributed by atoms with E-state index in [4.69, 9.17) is 5.11 Å². The molecule has 0 radical (unpaired) electrons. The summed E-state index contributed by atoms with van der Waals surface area (Å²) in [5.41, 5.74) is 1.83. The van der Waals surface area contributed by atoms with Gasteiger partial charge >= 0.3 is 0 Å². The highest BCUT2D eigenvalue weighted by Crippen LogP contribution is 2.22. The summed E-state index contributed by atoms with van der Waals surface area (Å²) in [7, 11) is 0. The van der Waals surface area contributed by atoms with Gasteiger partial charge < -0.3 is 5.11 Å². The topological polar surface area (TPSA) is 23.5 Å². The second-order valence-corrected chi connectivity index (χ2v) is 5.37. The first-order valence-corrected chi connectivity index (χ1v) is 7.33. The monoisotopic (exact) mass is 275 g/mol. The molecular weight excluding hydrogens is 253 g/mol. The van der Waals surface area contributed by atoms with Gasteiger partial charge in [0, 0.05) is 25.1 Å². The molecule has 1 aliphatic rings. The summed E-state index contributed by atoms with van der Waals surface area (Å²) in [5.74, 6) is 6.39. The van der Waals surface area contributed by atoms with Crippen molar-refractivity contribution in [3.8, 4) is 11.8 Å². The van der Waals surface area contributed by atoms with E-state index in [0.717, 1.165) is 36.7 Å². The molecule has 0 spiro atoms. The largest absolute Gasteiger partial charge is 0.395 e. The number of benzene rings is 1. The molecule has 1 N–H and O–H groups in total. The summed E-state index contributed by atoms with van der Waals surface area (Å²) in [5, 5.41) is 8.77. The SMILES string of the molecule is CCC1CCN(Cc2ccc(F)cc2C#CCCO)C1. The molecule has 1 aliphatic heterocycles. The standard InChI is InChI=1S/C17H22FNO/c1-2-14-8-9-19(12-14)13-16-6-7-17(18)11-15(16)5-3-4-10-20/h6-7,11,14,20H,2,4,8-10,12-13H2,1H3. The first kappa shape index (κ1) is 15.0. The van der Waals surface area contributed by atoms with Crippen molar-refractivity contribution in [1.82, 2.24) is 4.90 Å². The lowest BCUT2D eigenvalue weighted by molar-refractivity contribution is 0.305. The first-order valence-electron chi connectivity index (χ1n) is 7.33. The van der Waals surface area contributed by atoms with E-state index in [1.807, 2.05) is 6.07 Å². The van der Waals surface area contributed by atoms with E-state index in [2.05, 4.69) is 23.7 Å². The van der Waals surface area contributed by atoms with Gasteiger partial charge in [0.1, 0.15) is 5.82 Å². The van der Waals surface area contributed by atoms with Crippen LogP contribution in [0.5, 0.6) is 0 Å². The summed E-state index contributed by atoms with van der Waals surface area (Å²) in [6.45, 7) is 5.34. The predicted octanol–water partition coefficient (Wildman–Crippen LogP) is 2.79. The average molecular weight is 275 g/mol. The number of hydrogen-bond donors (Lipinski definition) is 1. The van der Waals surface area contributed by atoms with Crippen LogP contribution < -0.4 is 0 Å². The maximum Gasteiger partial charge on any atom is 0.124 e. The minimum atomic E-state index is -0.255. The summed E-state index contributed by atoms with van der Waals surface area (Å²) in [4.78, 5) is 2.42. The Kier molecular flexibility index (Phi) is 5.58. The molecule has 1 unspecified atom stereocenters. The molecule has 0 amide bonds. The summed E-state index contributed by atoms with van der Waals surface area (Å²) >= 11 is 0. The molecule has 1 atom stereocenters. The van der Waals surface area contributed by atoms with E-state index in [9.17, 15) is 4.39 Å². The Morgan fingerprint density at radius 2 is 2.30 bits per heavy atom. The maximum absolute atomic E-state index is 13.4. The van der Waals surface area contributed by atoms with Crippen LogP contribution in [-0.4, -0.2) is 29.7 Å². The zero-order valence-electron chi connectivity index (χ0n) is 12.0. The van der Waals surface area contributed by atoms with Crippen LogP contribution in [0.2, 0.25) is 0 Å². The number of likely N-dealkylation sites (tertiary alicyclic amines) is 1. The second-order valence-electron chi connectivity index (χ2n) is 5.37. The molecule has 108 valence electrons. The molecule has 0 aromatic heterocycles. The van der Waals surface area contributed by atoms with Gasteiger partial charge in [0.05, 0.1) is 6.61 Å². The number of halogens is 1. The fraction of sp³-hybridized carbons (Fsp3) is 0.529. The molecule has 3 heteroatoms. The number of rotatable bonds is 4. The highest BCUT2D eigenvalue weighted by atomic mass is 19.1. The van der Waals surface area contributed by atoms with Crippen molar-refractivity contribution in [2.75, 3.05) is 19.7 Å². The summed E-state index contributed by atoms with van der Waals surface area (Å²) in [6.07, 6.45) is 2.91. The number of hydrogen-bond acceptors (Lipinski definition) is 2. The Balaban J connectivity index is 2.09. The fourth-order valence-electron chi connectivity index (χ4n) is 2.65. The van der Waals surface area contributed by atoms with Gasteiger partial charge in [-0.1, -0.05) is 31.3 Å². The van der Waals surface area contributed by atoms with Crippen LogP contribution >= 0.6 is 0 Å². The Morgan fingerprint density at radius 1 is 1.45 bits per heavy atom. The molecule has 1 heterocycles. The van der Waals surface area contributed by atoms with Gasteiger partial charge in [-0.3, -0.25) is 4.90 Å².